The molecule has 0 aliphatic carbocycles. The third kappa shape index (κ3) is 2.92. The van der Waals surface area contributed by atoms with Crippen LogP contribution >= 0.6 is 0 Å². The Kier molecular flexibility index (Phi) is 5.05. The van der Waals surface area contributed by atoms with Crippen LogP contribution in [0.5, 0.6) is 0 Å². The lowest BCUT2D eigenvalue weighted by molar-refractivity contribution is -0.142. The van der Waals surface area contributed by atoms with E-state index in [4.69, 9.17) is 4.74 Å². The fraction of sp³-hybridized carbons (Fsp3) is 0.909. The maximum atomic E-state index is 12.1. The molecule has 1 heterocycles. The number of carbonyl (C=O) groups is 1. The number of likely N-dealkylation sites (tertiary alicyclic amines) is 1. The van der Waals surface area contributed by atoms with Crippen molar-refractivity contribution in [1.82, 2.24) is 10.2 Å². The number of ether oxygens (including phenoxy) is 1. The van der Waals surface area contributed by atoms with Gasteiger partial charge in [0.05, 0.1) is 0 Å². The van der Waals surface area contributed by atoms with Crippen molar-refractivity contribution in [3.8, 4) is 0 Å². The number of hydrogen-bond donors (Lipinski definition) is 1. The van der Waals surface area contributed by atoms with Crippen molar-refractivity contribution >= 4 is 5.91 Å². The van der Waals surface area contributed by atoms with Gasteiger partial charge < -0.3 is 15.0 Å². The Morgan fingerprint density at radius 3 is 2.93 bits per heavy atom. The van der Waals surface area contributed by atoms with Crippen molar-refractivity contribution in [2.75, 3.05) is 27.2 Å². The number of amides is 1. The summed E-state index contributed by atoms with van der Waals surface area (Å²) in [6.45, 7) is 3.74. The zero-order chi connectivity index (χ0) is 11.3. The number of methoxy groups -OCH3 is 1. The molecule has 2 atom stereocenters. The molecule has 1 aliphatic heterocycles. The van der Waals surface area contributed by atoms with Gasteiger partial charge >= 0.3 is 0 Å². The first-order chi connectivity index (χ1) is 7.24. The molecule has 4 nitrogen and oxygen atoms in total. The second-order valence-corrected chi connectivity index (χ2v) is 4.02. The Morgan fingerprint density at radius 1 is 1.67 bits per heavy atom. The van der Waals surface area contributed by atoms with Crippen LogP contribution in [0.3, 0.4) is 0 Å². The van der Waals surface area contributed by atoms with Gasteiger partial charge in [-0.1, -0.05) is 6.92 Å². The number of nitrogens with one attached hydrogen (secondary N) is 1. The monoisotopic (exact) mass is 214 g/mol. The maximum absolute atomic E-state index is 12.1. The Bertz CT molecular complexity index is 205. The van der Waals surface area contributed by atoms with Gasteiger partial charge in [0.25, 0.3) is 5.91 Å². The van der Waals surface area contributed by atoms with Crippen LogP contribution in [-0.2, 0) is 9.53 Å². The Labute approximate surface area is 92.0 Å². The smallest absolute Gasteiger partial charge is 0.251 e. The molecule has 15 heavy (non-hydrogen) atoms. The van der Waals surface area contributed by atoms with E-state index >= 15 is 0 Å². The average Bonchev–Trinajstić information content (AvgIpc) is 2.68. The molecule has 1 saturated heterocycles. The topological polar surface area (TPSA) is 41.6 Å². The minimum Gasteiger partial charge on any atom is -0.372 e. The summed E-state index contributed by atoms with van der Waals surface area (Å²) >= 11 is 0. The minimum atomic E-state index is -0.262. The van der Waals surface area contributed by atoms with Gasteiger partial charge in [-0.25, -0.2) is 0 Å². The molecule has 1 rings (SSSR count). The quantitative estimate of drug-likeness (QED) is 0.729. The van der Waals surface area contributed by atoms with Gasteiger partial charge in [-0.15, -0.1) is 0 Å². The molecule has 0 aromatic rings. The number of carbonyl (C=O) groups excluding carboxylic acids is 1. The van der Waals surface area contributed by atoms with Gasteiger partial charge in [0.2, 0.25) is 0 Å². The fourth-order valence-corrected chi connectivity index (χ4v) is 2.20. The molecule has 0 spiro atoms. The van der Waals surface area contributed by atoms with Gasteiger partial charge in [0.1, 0.15) is 6.10 Å². The van der Waals surface area contributed by atoms with E-state index in [1.54, 1.807) is 7.11 Å². The highest BCUT2D eigenvalue weighted by molar-refractivity contribution is 5.81. The van der Waals surface area contributed by atoms with Gasteiger partial charge in [-0.2, -0.15) is 0 Å². The summed E-state index contributed by atoms with van der Waals surface area (Å²) in [7, 11) is 3.53. The first-order valence-corrected chi connectivity index (χ1v) is 5.72. The van der Waals surface area contributed by atoms with Crippen molar-refractivity contribution in [2.24, 2.45) is 0 Å². The van der Waals surface area contributed by atoms with Crippen LogP contribution < -0.4 is 5.32 Å². The molecule has 4 heteroatoms. The summed E-state index contributed by atoms with van der Waals surface area (Å²) in [5.74, 6) is 0.151. The van der Waals surface area contributed by atoms with Gasteiger partial charge in [0, 0.05) is 26.2 Å². The first kappa shape index (κ1) is 12.5. The molecule has 0 bridgehead atoms. The SMILES string of the molecule is CCC(OC)C(=O)N1CCCC1CNC. The minimum absolute atomic E-state index is 0.151. The highest BCUT2D eigenvalue weighted by Crippen LogP contribution is 2.18. The second kappa shape index (κ2) is 6.08. The van der Waals surface area contributed by atoms with Crippen LogP contribution in [0.15, 0.2) is 0 Å². The summed E-state index contributed by atoms with van der Waals surface area (Å²) < 4.78 is 5.19. The van der Waals surface area contributed by atoms with Gasteiger partial charge in [-0.05, 0) is 26.3 Å². The second-order valence-electron chi connectivity index (χ2n) is 4.02. The predicted octanol–water partition coefficient (Wildman–Crippen LogP) is 0.622. The van der Waals surface area contributed by atoms with E-state index < -0.39 is 0 Å². The summed E-state index contributed by atoms with van der Waals surface area (Å²) in [6, 6.07) is 0.353. The van der Waals surface area contributed by atoms with Crippen LogP contribution in [0.4, 0.5) is 0 Å². The largest absolute Gasteiger partial charge is 0.372 e. The number of hydrogen-bond acceptors (Lipinski definition) is 3. The molecule has 1 aliphatic rings. The summed E-state index contributed by atoms with van der Waals surface area (Å²) in [6.07, 6.45) is 2.70. The van der Waals surface area contributed by atoms with E-state index in [0.717, 1.165) is 32.4 Å². The van der Waals surface area contributed by atoms with Gasteiger partial charge in [-0.3, -0.25) is 4.79 Å². The highest BCUT2D eigenvalue weighted by atomic mass is 16.5. The lowest BCUT2D eigenvalue weighted by Crippen LogP contribution is -2.45. The lowest BCUT2D eigenvalue weighted by atomic mass is 10.2. The molecule has 2 unspecified atom stereocenters. The van der Waals surface area contributed by atoms with Crippen LogP contribution in [0.25, 0.3) is 0 Å². The number of likely N-dealkylation sites (N-methyl/N-ethyl adjacent to an activating group) is 1. The van der Waals surface area contributed by atoms with E-state index in [-0.39, 0.29) is 12.0 Å². The Morgan fingerprint density at radius 2 is 2.40 bits per heavy atom. The predicted molar refractivity (Wildman–Crippen MR) is 59.7 cm³/mol. The summed E-state index contributed by atoms with van der Waals surface area (Å²) in [4.78, 5) is 14.0. The molecule has 88 valence electrons. The van der Waals surface area contributed by atoms with E-state index in [0.29, 0.717) is 6.04 Å². The molecule has 0 radical (unpaired) electrons. The van der Waals surface area contributed by atoms with Crippen LogP contribution in [-0.4, -0.2) is 50.2 Å². The van der Waals surface area contributed by atoms with Crippen molar-refractivity contribution < 1.29 is 9.53 Å². The third-order valence-electron chi connectivity index (χ3n) is 3.03. The molecule has 1 N–H and O–H groups in total. The molecule has 1 amide bonds. The van der Waals surface area contributed by atoms with E-state index in [9.17, 15) is 4.79 Å². The van der Waals surface area contributed by atoms with Crippen molar-refractivity contribution in [3.63, 3.8) is 0 Å². The lowest BCUT2D eigenvalue weighted by Gasteiger charge is -2.27. The summed E-state index contributed by atoms with van der Waals surface area (Å²) in [5, 5.41) is 3.13. The van der Waals surface area contributed by atoms with Crippen molar-refractivity contribution in [3.05, 3.63) is 0 Å². The fourth-order valence-electron chi connectivity index (χ4n) is 2.20. The van der Waals surface area contributed by atoms with Crippen molar-refractivity contribution in [2.45, 2.75) is 38.3 Å². The van der Waals surface area contributed by atoms with E-state index in [1.165, 1.54) is 0 Å². The zero-order valence-electron chi connectivity index (χ0n) is 9.95. The highest BCUT2D eigenvalue weighted by Gasteiger charge is 2.31. The number of nitrogens with zero attached hydrogens (tertiary/aromatic N) is 1. The first-order valence-electron chi connectivity index (χ1n) is 5.72. The molecule has 1 fully saturated rings. The van der Waals surface area contributed by atoms with Gasteiger partial charge in [0.15, 0.2) is 0 Å². The molecule has 0 saturated carbocycles. The average molecular weight is 214 g/mol. The van der Waals surface area contributed by atoms with E-state index in [1.807, 2.05) is 18.9 Å². The molecule has 0 aromatic heterocycles. The maximum Gasteiger partial charge on any atom is 0.251 e. The molecule has 0 aromatic carbocycles. The third-order valence-corrected chi connectivity index (χ3v) is 3.03. The van der Waals surface area contributed by atoms with E-state index in [2.05, 4.69) is 5.32 Å². The molecular formula is C11H22N2O2. The standard InChI is InChI=1S/C11H22N2O2/c1-4-10(15-3)11(14)13-7-5-6-9(13)8-12-2/h9-10,12H,4-8H2,1-3H3. The van der Waals surface area contributed by atoms with Crippen molar-refractivity contribution in [1.29, 1.82) is 0 Å². The summed E-state index contributed by atoms with van der Waals surface area (Å²) in [5.41, 5.74) is 0. The Balaban J connectivity index is 2.57. The Hall–Kier alpha value is -0.610. The van der Waals surface area contributed by atoms with Crippen LogP contribution in [0.2, 0.25) is 0 Å². The number of rotatable bonds is 5. The molecular weight excluding hydrogens is 192 g/mol. The van der Waals surface area contributed by atoms with Crippen LogP contribution in [0, 0.1) is 0 Å². The zero-order valence-corrected chi connectivity index (χ0v) is 9.95. The van der Waals surface area contributed by atoms with Crippen LogP contribution in [0.1, 0.15) is 26.2 Å². The normalized spacial score (nSPS) is 23.1.